The van der Waals surface area contributed by atoms with Gasteiger partial charge in [0.05, 0.1) is 5.71 Å². The molecule has 0 spiro atoms. The van der Waals surface area contributed by atoms with Gasteiger partial charge in [-0.05, 0) is 44.9 Å². The molecule has 1 aliphatic rings. The molecule has 0 bridgehead atoms. The number of benzene rings is 1. The van der Waals surface area contributed by atoms with Gasteiger partial charge in [0, 0.05) is 16.8 Å². The van der Waals surface area contributed by atoms with E-state index < -0.39 is 11.6 Å². The standard InChI is InChI=1S/C17H18F2N2O2/c1-11-4-3-5-17(20-10-22)14(11)9-23-21-12(2)13-6-7-15(18)16(19)8-13/h5-8,10H,3-4,9H2,1-2H3,(H,20,22)/b21-12-. The van der Waals surface area contributed by atoms with Crippen LogP contribution in [0.5, 0.6) is 0 Å². The highest BCUT2D eigenvalue weighted by atomic mass is 19.2. The van der Waals surface area contributed by atoms with Gasteiger partial charge in [0.2, 0.25) is 6.41 Å². The van der Waals surface area contributed by atoms with Crippen LogP contribution in [0.4, 0.5) is 8.78 Å². The van der Waals surface area contributed by atoms with Crippen molar-refractivity contribution in [2.75, 3.05) is 6.61 Å². The van der Waals surface area contributed by atoms with Crippen molar-refractivity contribution in [3.63, 3.8) is 0 Å². The van der Waals surface area contributed by atoms with Crippen molar-refractivity contribution in [3.8, 4) is 0 Å². The second-order valence-electron chi connectivity index (χ2n) is 5.26. The molecule has 1 amide bonds. The maximum Gasteiger partial charge on any atom is 0.211 e. The minimum atomic E-state index is -0.928. The Balaban J connectivity index is 2.06. The number of carbonyl (C=O) groups excluding carboxylic acids is 1. The highest BCUT2D eigenvalue weighted by Crippen LogP contribution is 2.23. The van der Waals surface area contributed by atoms with Crippen molar-refractivity contribution >= 4 is 12.1 Å². The Morgan fingerprint density at radius 1 is 1.39 bits per heavy atom. The first-order chi connectivity index (χ1) is 11.0. The first kappa shape index (κ1) is 16.9. The Morgan fingerprint density at radius 2 is 2.17 bits per heavy atom. The maximum absolute atomic E-state index is 13.2. The van der Waals surface area contributed by atoms with E-state index in [9.17, 15) is 13.6 Å². The second kappa shape index (κ2) is 7.67. The molecule has 2 rings (SSSR count). The molecule has 122 valence electrons. The third kappa shape index (κ3) is 4.25. The minimum Gasteiger partial charge on any atom is -0.391 e. The fourth-order valence-electron chi connectivity index (χ4n) is 2.32. The number of hydrogen-bond donors (Lipinski definition) is 1. The molecule has 1 aromatic carbocycles. The van der Waals surface area contributed by atoms with Crippen molar-refractivity contribution in [1.29, 1.82) is 0 Å². The largest absolute Gasteiger partial charge is 0.391 e. The third-order valence-corrected chi connectivity index (χ3v) is 3.67. The topological polar surface area (TPSA) is 50.7 Å². The van der Waals surface area contributed by atoms with Gasteiger partial charge in [-0.25, -0.2) is 8.78 Å². The second-order valence-corrected chi connectivity index (χ2v) is 5.26. The van der Waals surface area contributed by atoms with Crippen LogP contribution in [0.2, 0.25) is 0 Å². The number of hydrogen-bond acceptors (Lipinski definition) is 3. The number of oxime groups is 1. The summed E-state index contributed by atoms with van der Waals surface area (Å²) in [6.07, 6.45) is 4.32. The molecular formula is C17H18F2N2O2. The average molecular weight is 320 g/mol. The number of allylic oxidation sites excluding steroid dienone is 2. The van der Waals surface area contributed by atoms with Crippen molar-refractivity contribution in [3.05, 3.63) is 58.3 Å². The lowest BCUT2D eigenvalue weighted by Gasteiger charge is -2.18. The van der Waals surface area contributed by atoms with Crippen LogP contribution in [0.15, 0.2) is 46.3 Å². The lowest BCUT2D eigenvalue weighted by atomic mass is 9.96. The molecule has 1 aliphatic carbocycles. The van der Waals surface area contributed by atoms with E-state index in [-0.39, 0.29) is 6.61 Å². The summed E-state index contributed by atoms with van der Waals surface area (Å²) in [5, 5.41) is 6.59. The predicted molar refractivity (Wildman–Crippen MR) is 83.7 cm³/mol. The lowest BCUT2D eigenvalue weighted by molar-refractivity contribution is -0.108. The molecule has 0 fully saturated rings. The van der Waals surface area contributed by atoms with E-state index in [1.165, 1.54) is 6.07 Å². The fraction of sp³-hybridized carbons (Fsp3) is 0.294. The van der Waals surface area contributed by atoms with Crippen LogP contribution >= 0.6 is 0 Å². The van der Waals surface area contributed by atoms with Gasteiger partial charge >= 0.3 is 0 Å². The zero-order valence-electron chi connectivity index (χ0n) is 13.0. The van der Waals surface area contributed by atoms with E-state index in [0.717, 1.165) is 41.8 Å². The summed E-state index contributed by atoms with van der Waals surface area (Å²) in [4.78, 5) is 16.0. The SMILES string of the molecule is CC1=C(CO/N=C(/C)c2ccc(F)c(F)c2)C(NC=O)=CCC1. The van der Waals surface area contributed by atoms with E-state index in [2.05, 4.69) is 10.5 Å². The molecule has 0 atom stereocenters. The summed E-state index contributed by atoms with van der Waals surface area (Å²) in [5.41, 5.74) is 3.61. The van der Waals surface area contributed by atoms with Crippen molar-refractivity contribution in [1.82, 2.24) is 5.32 Å². The van der Waals surface area contributed by atoms with Gasteiger partial charge in [0.25, 0.3) is 0 Å². The van der Waals surface area contributed by atoms with Crippen LogP contribution in [0.3, 0.4) is 0 Å². The van der Waals surface area contributed by atoms with Gasteiger partial charge in [-0.15, -0.1) is 0 Å². The molecule has 0 saturated carbocycles. The number of carbonyl (C=O) groups is 1. The third-order valence-electron chi connectivity index (χ3n) is 3.67. The molecule has 0 unspecified atom stereocenters. The number of halogens is 2. The predicted octanol–water partition coefficient (Wildman–Crippen LogP) is 3.45. The highest BCUT2D eigenvalue weighted by Gasteiger charge is 2.14. The Kier molecular flexibility index (Phi) is 5.62. The summed E-state index contributed by atoms with van der Waals surface area (Å²) in [7, 11) is 0. The van der Waals surface area contributed by atoms with Gasteiger partial charge in [0.15, 0.2) is 11.6 Å². The van der Waals surface area contributed by atoms with Crippen molar-refractivity contribution < 1.29 is 18.4 Å². The summed E-state index contributed by atoms with van der Waals surface area (Å²) >= 11 is 0. The Morgan fingerprint density at radius 3 is 2.87 bits per heavy atom. The van der Waals surface area contributed by atoms with E-state index >= 15 is 0 Å². The first-order valence-corrected chi connectivity index (χ1v) is 7.24. The van der Waals surface area contributed by atoms with Crippen LogP contribution in [-0.4, -0.2) is 18.7 Å². The molecule has 0 heterocycles. The number of nitrogens with zero attached hydrogens (tertiary/aromatic N) is 1. The number of nitrogens with one attached hydrogen (secondary N) is 1. The molecular weight excluding hydrogens is 302 g/mol. The average Bonchev–Trinajstić information content (AvgIpc) is 2.52. The van der Waals surface area contributed by atoms with Crippen LogP contribution in [0.1, 0.15) is 32.3 Å². The van der Waals surface area contributed by atoms with Crippen molar-refractivity contribution in [2.45, 2.75) is 26.7 Å². The lowest BCUT2D eigenvalue weighted by Crippen LogP contribution is -2.18. The molecule has 1 aromatic rings. The summed E-state index contributed by atoms with van der Waals surface area (Å²) in [6.45, 7) is 3.82. The number of amides is 1. The molecule has 0 radical (unpaired) electrons. The molecule has 6 heteroatoms. The fourth-order valence-corrected chi connectivity index (χ4v) is 2.32. The normalized spacial score (nSPS) is 15.3. The molecule has 1 N–H and O–H groups in total. The Labute approximate surface area is 133 Å². The molecule has 0 saturated heterocycles. The monoisotopic (exact) mass is 320 g/mol. The molecule has 0 aliphatic heterocycles. The van der Waals surface area contributed by atoms with E-state index in [4.69, 9.17) is 4.84 Å². The summed E-state index contributed by atoms with van der Waals surface area (Å²) < 4.78 is 26.1. The summed E-state index contributed by atoms with van der Waals surface area (Å²) in [5.74, 6) is -1.83. The van der Waals surface area contributed by atoms with E-state index in [0.29, 0.717) is 17.7 Å². The van der Waals surface area contributed by atoms with E-state index in [1.807, 2.05) is 13.0 Å². The minimum absolute atomic E-state index is 0.194. The highest BCUT2D eigenvalue weighted by molar-refractivity contribution is 5.98. The van der Waals surface area contributed by atoms with Gasteiger partial charge in [0.1, 0.15) is 6.61 Å². The smallest absolute Gasteiger partial charge is 0.211 e. The van der Waals surface area contributed by atoms with Crippen LogP contribution in [-0.2, 0) is 9.63 Å². The maximum atomic E-state index is 13.2. The molecule has 0 aromatic heterocycles. The van der Waals surface area contributed by atoms with Gasteiger partial charge in [-0.2, -0.15) is 0 Å². The van der Waals surface area contributed by atoms with Crippen LogP contribution < -0.4 is 5.32 Å². The number of rotatable bonds is 6. The zero-order chi connectivity index (χ0) is 16.8. The Hall–Kier alpha value is -2.50. The Bertz CT molecular complexity index is 694. The van der Waals surface area contributed by atoms with Crippen LogP contribution in [0, 0.1) is 11.6 Å². The van der Waals surface area contributed by atoms with Gasteiger partial charge < -0.3 is 10.2 Å². The quantitative estimate of drug-likeness (QED) is 0.496. The van der Waals surface area contributed by atoms with Crippen molar-refractivity contribution in [2.24, 2.45) is 5.16 Å². The zero-order valence-corrected chi connectivity index (χ0v) is 13.0. The van der Waals surface area contributed by atoms with Gasteiger partial charge in [-0.3, -0.25) is 4.79 Å². The first-order valence-electron chi connectivity index (χ1n) is 7.24. The van der Waals surface area contributed by atoms with Gasteiger partial charge in [-0.1, -0.05) is 16.8 Å². The van der Waals surface area contributed by atoms with E-state index in [1.54, 1.807) is 6.92 Å². The molecule has 4 nitrogen and oxygen atoms in total. The molecule has 23 heavy (non-hydrogen) atoms. The summed E-state index contributed by atoms with van der Waals surface area (Å²) in [6, 6.07) is 3.55. The van der Waals surface area contributed by atoms with Crippen LogP contribution in [0.25, 0.3) is 0 Å².